The highest BCUT2D eigenvalue weighted by Crippen LogP contribution is 2.30. The third-order valence-electron chi connectivity index (χ3n) is 6.44. The lowest BCUT2D eigenvalue weighted by atomic mass is 10.2. The molecule has 0 unspecified atom stereocenters. The number of anilines is 2. The van der Waals surface area contributed by atoms with Gasteiger partial charge in [0.1, 0.15) is 5.56 Å². The van der Waals surface area contributed by atoms with Gasteiger partial charge < -0.3 is 15.4 Å². The Morgan fingerprint density at radius 1 is 1.00 bits per heavy atom. The van der Waals surface area contributed by atoms with Crippen LogP contribution in [0.5, 0.6) is 11.6 Å². The second-order valence-electron chi connectivity index (χ2n) is 9.43. The maximum Gasteiger partial charge on any atom is 0.268 e. The maximum atomic E-state index is 14.9. The molecule has 1 aliphatic carbocycles. The van der Waals surface area contributed by atoms with Gasteiger partial charge in [0.25, 0.3) is 11.5 Å². The number of nitrogens with one attached hydrogen (secondary N) is 2. The number of pyridine rings is 1. The van der Waals surface area contributed by atoms with Crippen LogP contribution in [-0.4, -0.2) is 31.0 Å². The number of imidazole rings is 1. The molecule has 3 heterocycles. The summed E-state index contributed by atoms with van der Waals surface area (Å²) in [5, 5.41) is 9.60. The van der Waals surface area contributed by atoms with Gasteiger partial charge in [0.05, 0.1) is 6.20 Å². The standard InChI is InChI=1S/C29H23FN6O4/c1-17-7-11-21(29(39)36(17)20-5-3-2-4-6-20)28(38)31-19-10-12-23(22(30)15-19)40-26-14-13-25-32-24(16-35(25)34-26)33-27(37)18-8-9-18/h2-7,10-16,18H,8-9H2,1H3,(H,31,38)(H,33,37). The monoisotopic (exact) mass is 538 g/mol. The molecule has 1 fully saturated rings. The molecule has 0 saturated heterocycles. The van der Waals surface area contributed by atoms with Crippen molar-refractivity contribution in [3.63, 3.8) is 0 Å². The molecule has 5 aromatic rings. The quantitative estimate of drug-likeness (QED) is 0.310. The molecule has 0 radical (unpaired) electrons. The minimum Gasteiger partial charge on any atom is -0.434 e. The maximum absolute atomic E-state index is 14.9. The predicted octanol–water partition coefficient (Wildman–Crippen LogP) is 4.72. The topological polar surface area (TPSA) is 120 Å². The first-order chi connectivity index (χ1) is 19.4. The number of ether oxygens (including phenoxy) is 1. The summed E-state index contributed by atoms with van der Waals surface area (Å²) in [4.78, 5) is 42.3. The van der Waals surface area contributed by atoms with Crippen LogP contribution in [0.2, 0.25) is 0 Å². The van der Waals surface area contributed by atoms with E-state index in [-0.39, 0.29) is 34.7 Å². The first-order valence-corrected chi connectivity index (χ1v) is 12.6. The van der Waals surface area contributed by atoms with Gasteiger partial charge in [0.2, 0.25) is 11.8 Å². The number of rotatable bonds is 7. The van der Waals surface area contributed by atoms with E-state index in [1.165, 1.54) is 33.3 Å². The van der Waals surface area contributed by atoms with E-state index < -0.39 is 17.3 Å². The molecule has 0 atom stereocenters. The molecule has 40 heavy (non-hydrogen) atoms. The fraction of sp³-hybridized carbons (Fsp3) is 0.138. The highest BCUT2D eigenvalue weighted by molar-refractivity contribution is 6.04. The van der Waals surface area contributed by atoms with Gasteiger partial charge in [-0.2, -0.15) is 0 Å². The van der Waals surface area contributed by atoms with Gasteiger partial charge in [-0.3, -0.25) is 19.0 Å². The summed E-state index contributed by atoms with van der Waals surface area (Å²) in [6.45, 7) is 1.77. The van der Waals surface area contributed by atoms with Crippen LogP contribution >= 0.6 is 0 Å². The minimum atomic E-state index is -0.742. The fourth-order valence-electron chi connectivity index (χ4n) is 4.23. The normalized spacial score (nSPS) is 12.8. The van der Waals surface area contributed by atoms with E-state index in [1.54, 1.807) is 49.5 Å². The average molecular weight is 539 g/mol. The van der Waals surface area contributed by atoms with Crippen LogP contribution < -0.4 is 20.9 Å². The molecular formula is C29H23FN6O4. The summed E-state index contributed by atoms with van der Waals surface area (Å²) >= 11 is 0. The number of amides is 2. The van der Waals surface area contributed by atoms with Crippen molar-refractivity contribution in [2.45, 2.75) is 19.8 Å². The van der Waals surface area contributed by atoms with Crippen LogP contribution in [0.4, 0.5) is 15.9 Å². The summed E-state index contributed by atoms with van der Waals surface area (Å²) in [5.41, 5.74) is 1.37. The summed E-state index contributed by atoms with van der Waals surface area (Å²) in [6.07, 6.45) is 3.31. The zero-order chi connectivity index (χ0) is 27.8. The Balaban J connectivity index is 1.17. The molecule has 2 aromatic carbocycles. The first kappa shape index (κ1) is 25.0. The van der Waals surface area contributed by atoms with E-state index in [1.807, 2.05) is 6.07 Å². The molecule has 2 N–H and O–H groups in total. The fourth-order valence-corrected chi connectivity index (χ4v) is 4.23. The van der Waals surface area contributed by atoms with Crippen molar-refractivity contribution in [2.75, 3.05) is 10.6 Å². The number of benzene rings is 2. The Bertz CT molecular complexity index is 1830. The van der Waals surface area contributed by atoms with Crippen molar-refractivity contribution in [1.29, 1.82) is 0 Å². The van der Waals surface area contributed by atoms with E-state index in [4.69, 9.17) is 4.74 Å². The third kappa shape index (κ3) is 5.04. The Morgan fingerprint density at radius 2 is 1.80 bits per heavy atom. The molecular weight excluding hydrogens is 515 g/mol. The molecule has 6 rings (SSSR count). The van der Waals surface area contributed by atoms with Gasteiger partial charge in [0.15, 0.2) is 23.0 Å². The van der Waals surface area contributed by atoms with Gasteiger partial charge >= 0.3 is 0 Å². The second kappa shape index (κ2) is 10.1. The Hall–Kier alpha value is -5.32. The summed E-state index contributed by atoms with van der Waals surface area (Å²) < 4.78 is 23.4. The average Bonchev–Trinajstić information content (AvgIpc) is 3.71. The lowest BCUT2D eigenvalue weighted by molar-refractivity contribution is -0.117. The zero-order valence-corrected chi connectivity index (χ0v) is 21.3. The van der Waals surface area contributed by atoms with Crippen LogP contribution in [0, 0.1) is 18.7 Å². The molecule has 0 aliphatic heterocycles. The summed E-state index contributed by atoms with van der Waals surface area (Å²) in [6, 6.07) is 19.2. The molecule has 0 bridgehead atoms. The minimum absolute atomic E-state index is 0.0392. The lowest BCUT2D eigenvalue weighted by Crippen LogP contribution is -2.29. The van der Waals surface area contributed by atoms with Crippen LogP contribution in [0.3, 0.4) is 0 Å². The number of hydrogen-bond donors (Lipinski definition) is 2. The van der Waals surface area contributed by atoms with Crippen molar-refractivity contribution >= 4 is 29.0 Å². The Labute approximate surface area is 227 Å². The SMILES string of the molecule is Cc1ccc(C(=O)Nc2ccc(Oc3ccc4nc(NC(=O)C5CC5)cn4n3)c(F)c2)c(=O)n1-c1ccccc1. The molecule has 3 aromatic heterocycles. The Morgan fingerprint density at radius 3 is 2.55 bits per heavy atom. The molecule has 11 heteroatoms. The van der Waals surface area contributed by atoms with E-state index in [0.717, 1.165) is 18.9 Å². The molecule has 0 spiro atoms. The van der Waals surface area contributed by atoms with E-state index in [2.05, 4.69) is 20.7 Å². The van der Waals surface area contributed by atoms with Crippen LogP contribution in [0.15, 0.2) is 83.8 Å². The number of para-hydroxylation sites is 1. The number of aryl methyl sites for hydroxylation is 1. The number of aromatic nitrogens is 4. The smallest absolute Gasteiger partial charge is 0.268 e. The van der Waals surface area contributed by atoms with Gasteiger partial charge in [-0.25, -0.2) is 13.9 Å². The van der Waals surface area contributed by atoms with Crippen molar-refractivity contribution in [3.8, 4) is 17.3 Å². The number of hydrogen-bond acceptors (Lipinski definition) is 6. The molecule has 1 saturated carbocycles. The van der Waals surface area contributed by atoms with Crippen LogP contribution in [0.1, 0.15) is 28.9 Å². The van der Waals surface area contributed by atoms with E-state index >= 15 is 0 Å². The third-order valence-corrected chi connectivity index (χ3v) is 6.44. The number of fused-ring (bicyclic) bond motifs is 1. The largest absolute Gasteiger partial charge is 0.434 e. The lowest BCUT2D eigenvalue weighted by Gasteiger charge is -2.12. The van der Waals surface area contributed by atoms with Crippen molar-refractivity contribution in [3.05, 3.63) is 106 Å². The molecule has 2 amide bonds. The van der Waals surface area contributed by atoms with Gasteiger partial charge in [-0.05, 0) is 62.2 Å². The second-order valence-corrected chi connectivity index (χ2v) is 9.43. The number of carbonyl (C=O) groups excluding carboxylic acids is 2. The van der Waals surface area contributed by atoms with Crippen molar-refractivity contribution < 1.29 is 18.7 Å². The summed E-state index contributed by atoms with van der Waals surface area (Å²) in [7, 11) is 0. The van der Waals surface area contributed by atoms with Gasteiger partial charge in [0, 0.05) is 35.1 Å². The summed E-state index contributed by atoms with van der Waals surface area (Å²) in [5.74, 6) is -1.09. The highest BCUT2D eigenvalue weighted by Gasteiger charge is 2.30. The number of carbonyl (C=O) groups is 2. The zero-order valence-electron chi connectivity index (χ0n) is 21.3. The molecule has 10 nitrogen and oxygen atoms in total. The van der Waals surface area contributed by atoms with Gasteiger partial charge in [-0.1, -0.05) is 18.2 Å². The molecule has 200 valence electrons. The van der Waals surface area contributed by atoms with Crippen molar-refractivity contribution in [2.24, 2.45) is 5.92 Å². The van der Waals surface area contributed by atoms with Crippen LogP contribution in [0.25, 0.3) is 11.3 Å². The highest BCUT2D eigenvalue weighted by atomic mass is 19.1. The number of nitrogens with zero attached hydrogens (tertiary/aromatic N) is 4. The Kier molecular flexibility index (Phi) is 6.31. The van der Waals surface area contributed by atoms with Crippen molar-refractivity contribution in [1.82, 2.24) is 19.2 Å². The predicted molar refractivity (Wildman–Crippen MR) is 146 cm³/mol. The molecule has 1 aliphatic rings. The van der Waals surface area contributed by atoms with Crippen LogP contribution in [-0.2, 0) is 4.79 Å². The van der Waals surface area contributed by atoms with E-state index in [0.29, 0.717) is 22.8 Å². The van der Waals surface area contributed by atoms with E-state index in [9.17, 15) is 18.8 Å². The number of halogens is 1. The first-order valence-electron chi connectivity index (χ1n) is 12.6. The van der Waals surface area contributed by atoms with Gasteiger partial charge in [-0.15, -0.1) is 5.10 Å².